The molecule has 2 aliphatic heterocycles. The molecule has 2 heterocycles. The lowest BCUT2D eigenvalue weighted by molar-refractivity contribution is -0.336. The second-order valence-electron chi connectivity index (χ2n) is 14.1. The summed E-state index contributed by atoms with van der Waals surface area (Å²) in [6.07, 6.45) is -0.491. The van der Waals surface area contributed by atoms with Crippen LogP contribution in [0.4, 0.5) is 0 Å². The largest absolute Gasteiger partial charge is 0.460 e. The zero-order chi connectivity index (χ0) is 29.6. The van der Waals surface area contributed by atoms with Gasteiger partial charge in [-0.25, -0.2) is 4.79 Å². The van der Waals surface area contributed by atoms with E-state index in [0.29, 0.717) is 30.9 Å². The number of ether oxygens (including phenoxy) is 6. The van der Waals surface area contributed by atoms with Crippen molar-refractivity contribution in [1.82, 2.24) is 0 Å². The maximum absolute atomic E-state index is 14.1. The monoisotopic (exact) mass is 576 g/mol. The number of rotatable bonds is 8. The molecule has 0 radical (unpaired) electrons. The molecule has 2 saturated heterocycles. The molecule has 10 heteroatoms. The Bertz CT molecular complexity index is 1120. The lowest BCUT2D eigenvalue weighted by Gasteiger charge is -2.50. The molecule has 3 atom stereocenters. The molecule has 9 nitrogen and oxygen atoms in total. The molecule has 1 aromatic carbocycles. The Hall–Kier alpha value is -2.11. The van der Waals surface area contributed by atoms with Gasteiger partial charge in [-0.2, -0.15) is 0 Å². The van der Waals surface area contributed by atoms with Crippen LogP contribution < -0.4 is 0 Å². The molecule has 0 bridgehead atoms. The van der Waals surface area contributed by atoms with Gasteiger partial charge in [-0.15, -0.1) is 0 Å². The van der Waals surface area contributed by atoms with Crippen molar-refractivity contribution in [2.24, 2.45) is 17.3 Å². The van der Waals surface area contributed by atoms with Crippen LogP contribution in [0, 0.1) is 17.3 Å². The summed E-state index contributed by atoms with van der Waals surface area (Å²) < 4.78 is 35.9. The van der Waals surface area contributed by atoms with Crippen molar-refractivity contribution >= 4 is 25.8 Å². The van der Waals surface area contributed by atoms with Crippen LogP contribution in [-0.4, -0.2) is 70.2 Å². The molecule has 2 fully saturated rings. The van der Waals surface area contributed by atoms with E-state index in [4.69, 9.17) is 28.4 Å². The average Bonchev–Trinajstić information content (AvgIpc) is 3.22. The average molecular weight is 577 g/mol. The number of carbonyl (C=O) groups is 3. The second kappa shape index (κ2) is 10.9. The SMILES string of the molecule is CC1(C)COC2(OC1)c1ccccc1C(=O)[C@@H]1[C@H]2CO[C@]1(CC(=O)OC(C)(C)C)C(=O)OCOCC[Si](C)(C)C. The van der Waals surface area contributed by atoms with Gasteiger partial charge in [0.15, 0.2) is 18.2 Å². The Labute approximate surface area is 238 Å². The second-order valence-corrected chi connectivity index (χ2v) is 19.8. The van der Waals surface area contributed by atoms with Crippen LogP contribution in [0.15, 0.2) is 24.3 Å². The van der Waals surface area contributed by atoms with Gasteiger partial charge in [-0.3, -0.25) is 9.59 Å². The van der Waals surface area contributed by atoms with Gasteiger partial charge in [-0.1, -0.05) is 57.8 Å². The number of ketones is 1. The molecule has 3 aliphatic rings. The van der Waals surface area contributed by atoms with Crippen LogP contribution in [0.3, 0.4) is 0 Å². The van der Waals surface area contributed by atoms with Gasteiger partial charge in [0.25, 0.3) is 0 Å². The molecule has 0 saturated carbocycles. The maximum atomic E-state index is 14.1. The van der Waals surface area contributed by atoms with Crippen molar-refractivity contribution in [2.75, 3.05) is 33.2 Å². The fraction of sp³-hybridized carbons (Fsp3) is 0.700. The lowest BCUT2D eigenvalue weighted by Crippen LogP contribution is -2.60. The Morgan fingerprint density at radius 3 is 2.33 bits per heavy atom. The Kier molecular flexibility index (Phi) is 8.44. The standard InChI is InChI=1S/C30H44O9Si/c1-27(2,3)39-23(31)15-29(26(33)35-19-34-13-14-40(6,7)8)24-22(16-36-29)30(37-17-28(4,5)18-38-30)21-12-10-9-11-20(21)25(24)32/h9-12,22,24H,13-19H2,1-8H3/t22-,24+,29+/m1/s1. The first-order valence-electron chi connectivity index (χ1n) is 14.0. The third-order valence-electron chi connectivity index (χ3n) is 7.56. The molecule has 1 aliphatic carbocycles. The molecular formula is C30H44O9Si. The van der Waals surface area contributed by atoms with Crippen molar-refractivity contribution in [3.8, 4) is 0 Å². The summed E-state index contributed by atoms with van der Waals surface area (Å²) in [7, 11) is -1.34. The van der Waals surface area contributed by atoms with Crippen molar-refractivity contribution < 1.29 is 42.8 Å². The number of Topliss-reactive ketones (excluding diaryl/α,β-unsaturated/α-hetero) is 1. The highest BCUT2D eigenvalue weighted by molar-refractivity contribution is 6.76. The minimum absolute atomic E-state index is 0.0421. The fourth-order valence-electron chi connectivity index (χ4n) is 5.57. The van der Waals surface area contributed by atoms with E-state index in [9.17, 15) is 14.4 Å². The number of hydrogen-bond donors (Lipinski definition) is 0. The van der Waals surface area contributed by atoms with Gasteiger partial charge in [0.2, 0.25) is 5.79 Å². The van der Waals surface area contributed by atoms with E-state index in [1.807, 2.05) is 26.0 Å². The van der Waals surface area contributed by atoms with Crippen molar-refractivity contribution in [3.63, 3.8) is 0 Å². The molecule has 1 spiro atoms. The third-order valence-corrected chi connectivity index (χ3v) is 9.26. The summed E-state index contributed by atoms with van der Waals surface area (Å²) in [5, 5.41) is 0. The van der Waals surface area contributed by atoms with E-state index >= 15 is 0 Å². The molecular weight excluding hydrogens is 532 g/mol. The topological polar surface area (TPSA) is 107 Å². The summed E-state index contributed by atoms with van der Waals surface area (Å²) in [4.78, 5) is 41.2. The van der Waals surface area contributed by atoms with E-state index in [1.165, 1.54) is 0 Å². The minimum atomic E-state index is -1.92. The lowest BCUT2D eigenvalue weighted by atomic mass is 9.65. The first-order chi connectivity index (χ1) is 18.5. The molecule has 222 valence electrons. The maximum Gasteiger partial charge on any atom is 0.341 e. The summed E-state index contributed by atoms with van der Waals surface area (Å²) in [5.41, 5.74) is -1.98. The number of benzene rings is 1. The van der Waals surface area contributed by atoms with Gasteiger partial charge in [0.05, 0.1) is 38.1 Å². The first kappa shape index (κ1) is 30.8. The Balaban J connectivity index is 1.70. The van der Waals surface area contributed by atoms with E-state index in [1.54, 1.807) is 32.9 Å². The summed E-state index contributed by atoms with van der Waals surface area (Å²) in [5.74, 6) is -4.91. The predicted octanol–water partition coefficient (Wildman–Crippen LogP) is 4.70. The van der Waals surface area contributed by atoms with Gasteiger partial charge in [-0.05, 0) is 26.8 Å². The third kappa shape index (κ3) is 6.21. The first-order valence-corrected chi connectivity index (χ1v) is 17.7. The van der Waals surface area contributed by atoms with Gasteiger partial charge >= 0.3 is 11.9 Å². The zero-order valence-corrected chi connectivity index (χ0v) is 26.1. The smallest absolute Gasteiger partial charge is 0.341 e. The highest BCUT2D eigenvalue weighted by atomic mass is 28.3. The summed E-state index contributed by atoms with van der Waals surface area (Å²) >= 11 is 0. The van der Waals surface area contributed by atoms with E-state index in [2.05, 4.69) is 19.6 Å². The number of esters is 2. The van der Waals surface area contributed by atoms with Crippen molar-refractivity contribution in [3.05, 3.63) is 35.4 Å². The number of carbonyl (C=O) groups excluding carboxylic acids is 3. The molecule has 4 rings (SSSR count). The minimum Gasteiger partial charge on any atom is -0.460 e. The zero-order valence-electron chi connectivity index (χ0n) is 25.1. The highest BCUT2D eigenvalue weighted by Crippen LogP contribution is 2.57. The molecule has 40 heavy (non-hydrogen) atoms. The number of fused-ring (bicyclic) bond motifs is 4. The van der Waals surface area contributed by atoms with Crippen molar-refractivity contribution in [2.45, 2.75) is 83.7 Å². The van der Waals surface area contributed by atoms with Crippen LogP contribution >= 0.6 is 0 Å². The van der Waals surface area contributed by atoms with Crippen LogP contribution in [-0.2, 0) is 43.8 Å². The van der Waals surface area contributed by atoms with Crippen LogP contribution in [0.1, 0.15) is 57.0 Å². The van der Waals surface area contributed by atoms with E-state index < -0.39 is 55.3 Å². The molecule has 0 N–H and O–H groups in total. The van der Waals surface area contributed by atoms with Gasteiger partial charge in [0.1, 0.15) is 5.60 Å². The van der Waals surface area contributed by atoms with Crippen molar-refractivity contribution in [1.29, 1.82) is 0 Å². The quantitative estimate of drug-likeness (QED) is 0.188. The Morgan fingerprint density at radius 2 is 1.70 bits per heavy atom. The fourth-order valence-corrected chi connectivity index (χ4v) is 6.32. The van der Waals surface area contributed by atoms with Crippen LogP contribution in [0.5, 0.6) is 0 Å². The summed E-state index contributed by atoms with van der Waals surface area (Å²) in [6.45, 7) is 16.8. The van der Waals surface area contributed by atoms with Crippen LogP contribution in [0.25, 0.3) is 0 Å². The highest BCUT2D eigenvalue weighted by Gasteiger charge is 2.70. The molecule has 0 aromatic heterocycles. The van der Waals surface area contributed by atoms with Crippen LogP contribution in [0.2, 0.25) is 25.7 Å². The molecule has 0 unspecified atom stereocenters. The summed E-state index contributed by atoms with van der Waals surface area (Å²) in [6, 6.07) is 8.01. The Morgan fingerprint density at radius 1 is 1.05 bits per heavy atom. The normalized spacial score (nSPS) is 27.1. The van der Waals surface area contributed by atoms with E-state index in [0.717, 1.165) is 6.04 Å². The molecule has 1 aromatic rings. The van der Waals surface area contributed by atoms with E-state index in [-0.39, 0.29) is 24.6 Å². The molecule has 0 amide bonds. The predicted molar refractivity (Wildman–Crippen MR) is 149 cm³/mol. The van der Waals surface area contributed by atoms with Gasteiger partial charge < -0.3 is 28.4 Å². The van der Waals surface area contributed by atoms with Gasteiger partial charge in [0, 0.05) is 31.2 Å². The number of hydrogen-bond acceptors (Lipinski definition) is 9.